The lowest BCUT2D eigenvalue weighted by atomic mass is 10.1. The summed E-state index contributed by atoms with van der Waals surface area (Å²) in [5.74, 6) is 0.563. The molecule has 212 valence electrons. The van der Waals surface area contributed by atoms with Crippen LogP contribution in [0.25, 0.3) is 11.4 Å². The fourth-order valence-corrected chi connectivity index (χ4v) is 5.31. The fourth-order valence-electron chi connectivity index (χ4n) is 3.76. The van der Waals surface area contributed by atoms with Gasteiger partial charge in [0.25, 0.3) is 5.56 Å². The molecule has 11 heteroatoms. The van der Waals surface area contributed by atoms with Crippen LogP contribution in [0.2, 0.25) is 0 Å². The van der Waals surface area contributed by atoms with Gasteiger partial charge >= 0.3 is 0 Å². The van der Waals surface area contributed by atoms with E-state index in [4.69, 9.17) is 15.3 Å². The molecule has 0 atom stereocenters. The number of nitrogens with one attached hydrogen (secondary N) is 3. The number of hydrogen-bond donors (Lipinski definition) is 4. The van der Waals surface area contributed by atoms with Crippen molar-refractivity contribution in [2.75, 3.05) is 32.8 Å². The van der Waals surface area contributed by atoms with Crippen LogP contribution in [0.15, 0.2) is 27.9 Å². The summed E-state index contributed by atoms with van der Waals surface area (Å²) in [6, 6.07) is 4.57. The number of aromatic nitrogens is 2. The Balaban J connectivity index is 0.00000118. The van der Waals surface area contributed by atoms with Crippen LogP contribution in [-0.2, 0) is 10.0 Å². The number of rotatable bonds is 13. The monoisotopic (exact) mass is 549 g/mol. The highest BCUT2D eigenvalue weighted by molar-refractivity contribution is 7.89. The lowest BCUT2D eigenvalue weighted by Crippen LogP contribution is -2.59. The number of ether oxygens (including phenoxy) is 1. The second kappa shape index (κ2) is 15.1. The van der Waals surface area contributed by atoms with E-state index in [0.717, 1.165) is 6.42 Å². The van der Waals surface area contributed by atoms with Crippen molar-refractivity contribution in [1.29, 1.82) is 5.41 Å². The molecule has 1 aromatic heterocycles. The minimum absolute atomic E-state index is 0.0470. The first kappa shape index (κ1) is 31.6. The summed E-state index contributed by atoms with van der Waals surface area (Å²) in [6.45, 7) is 11.5. The Bertz CT molecular complexity index is 1220. The second-order valence-corrected chi connectivity index (χ2v) is 11.2. The number of hydrogen-bond acceptors (Lipinski definition) is 8. The van der Waals surface area contributed by atoms with Gasteiger partial charge in [-0.3, -0.25) is 4.79 Å². The standard InChI is InChI=1S/C23H33N5O5S.C4H10/c1-4-7-19(24)21-15(3)23(30)27-22(26-21)18-12-17(8-9-20(18)33-5-2)34(31,32)28-13-16(14-28)25-10-6-11-29;1-3-4-2/h8-9,12,16,24-25,29H,4-7,10-11,13-14H2,1-3H3,(H,26,27,30);3-4H2,1-2H3. The Morgan fingerprint density at radius 1 is 1.21 bits per heavy atom. The molecule has 2 aromatic rings. The van der Waals surface area contributed by atoms with Crippen molar-refractivity contribution in [3.63, 3.8) is 0 Å². The number of H-pyrrole nitrogens is 1. The number of sulfonamides is 1. The maximum atomic E-state index is 13.2. The predicted molar refractivity (Wildman–Crippen MR) is 151 cm³/mol. The zero-order valence-electron chi connectivity index (χ0n) is 23.3. The topological polar surface area (TPSA) is 148 Å². The minimum Gasteiger partial charge on any atom is -0.493 e. The first-order valence-electron chi connectivity index (χ1n) is 13.4. The van der Waals surface area contributed by atoms with Crippen LogP contribution in [-0.4, -0.2) is 72.4 Å². The van der Waals surface area contributed by atoms with E-state index in [1.807, 2.05) is 13.8 Å². The van der Waals surface area contributed by atoms with Gasteiger partial charge in [0, 0.05) is 31.3 Å². The molecular formula is C27H43N5O5S. The third-order valence-corrected chi connectivity index (χ3v) is 8.02. The highest BCUT2D eigenvalue weighted by Crippen LogP contribution is 2.32. The highest BCUT2D eigenvalue weighted by Gasteiger charge is 2.36. The molecule has 0 bridgehead atoms. The number of aliphatic hydroxyl groups is 1. The predicted octanol–water partition coefficient (Wildman–Crippen LogP) is 3.46. The van der Waals surface area contributed by atoms with Crippen molar-refractivity contribution < 1.29 is 18.3 Å². The molecule has 1 fully saturated rings. The van der Waals surface area contributed by atoms with E-state index in [0.29, 0.717) is 61.7 Å². The maximum absolute atomic E-state index is 13.2. The smallest absolute Gasteiger partial charge is 0.254 e. The van der Waals surface area contributed by atoms with Crippen LogP contribution in [0.1, 0.15) is 71.1 Å². The molecular weight excluding hydrogens is 506 g/mol. The van der Waals surface area contributed by atoms with E-state index < -0.39 is 10.0 Å². The highest BCUT2D eigenvalue weighted by atomic mass is 32.2. The summed E-state index contributed by atoms with van der Waals surface area (Å²) in [5.41, 5.74) is 0.884. The average Bonchev–Trinajstić information content (AvgIpc) is 2.87. The van der Waals surface area contributed by atoms with Crippen molar-refractivity contribution in [1.82, 2.24) is 19.6 Å². The van der Waals surface area contributed by atoms with Crippen LogP contribution < -0.4 is 15.6 Å². The third-order valence-electron chi connectivity index (χ3n) is 6.20. The van der Waals surface area contributed by atoms with Crippen molar-refractivity contribution in [2.24, 2.45) is 0 Å². The quantitative estimate of drug-likeness (QED) is 0.221. The van der Waals surface area contributed by atoms with Gasteiger partial charge in [-0.05, 0) is 51.4 Å². The van der Waals surface area contributed by atoms with E-state index in [2.05, 4.69) is 29.1 Å². The molecule has 1 saturated heterocycles. The van der Waals surface area contributed by atoms with Gasteiger partial charge in [0.05, 0.1) is 28.5 Å². The molecule has 10 nitrogen and oxygen atoms in total. The van der Waals surface area contributed by atoms with Gasteiger partial charge in [-0.1, -0.05) is 40.0 Å². The number of aromatic amines is 1. The first-order valence-corrected chi connectivity index (χ1v) is 14.9. The second-order valence-electron chi connectivity index (χ2n) is 9.26. The maximum Gasteiger partial charge on any atom is 0.254 e. The van der Waals surface area contributed by atoms with Gasteiger partial charge in [0.1, 0.15) is 11.6 Å². The zero-order chi connectivity index (χ0) is 28.3. The normalized spacial score (nSPS) is 13.9. The van der Waals surface area contributed by atoms with Gasteiger partial charge in [-0.25, -0.2) is 13.4 Å². The number of nitrogens with zero attached hydrogens (tertiary/aromatic N) is 2. The number of unbranched alkanes of at least 4 members (excludes halogenated alkanes) is 1. The average molecular weight is 550 g/mol. The molecule has 0 unspecified atom stereocenters. The summed E-state index contributed by atoms with van der Waals surface area (Å²) in [6.07, 6.45) is 4.47. The van der Waals surface area contributed by atoms with Gasteiger partial charge in [-0.15, -0.1) is 0 Å². The molecule has 0 radical (unpaired) electrons. The van der Waals surface area contributed by atoms with Gasteiger partial charge < -0.3 is 25.6 Å². The zero-order valence-corrected chi connectivity index (χ0v) is 24.1. The Hall–Kier alpha value is -2.60. The number of benzene rings is 1. The van der Waals surface area contributed by atoms with E-state index in [1.165, 1.54) is 29.3 Å². The molecule has 0 aliphatic carbocycles. The van der Waals surface area contributed by atoms with Crippen LogP contribution in [0.5, 0.6) is 5.75 Å². The Morgan fingerprint density at radius 2 is 1.89 bits per heavy atom. The summed E-state index contributed by atoms with van der Waals surface area (Å²) < 4.78 is 33.5. The molecule has 1 aliphatic heterocycles. The van der Waals surface area contributed by atoms with Crippen molar-refractivity contribution in [2.45, 2.75) is 77.7 Å². The first-order chi connectivity index (χ1) is 18.1. The molecule has 0 saturated carbocycles. The molecule has 1 aliphatic rings. The van der Waals surface area contributed by atoms with E-state index in [1.54, 1.807) is 13.0 Å². The van der Waals surface area contributed by atoms with E-state index in [9.17, 15) is 13.2 Å². The molecule has 38 heavy (non-hydrogen) atoms. The van der Waals surface area contributed by atoms with Gasteiger partial charge in [-0.2, -0.15) is 4.31 Å². The molecule has 0 amide bonds. The van der Waals surface area contributed by atoms with Crippen molar-refractivity contribution in [3.05, 3.63) is 39.8 Å². The third kappa shape index (κ3) is 7.95. The van der Waals surface area contributed by atoms with Crippen LogP contribution in [0, 0.1) is 12.3 Å². The van der Waals surface area contributed by atoms with Crippen LogP contribution in [0.4, 0.5) is 0 Å². The summed E-state index contributed by atoms with van der Waals surface area (Å²) >= 11 is 0. The minimum atomic E-state index is -3.75. The van der Waals surface area contributed by atoms with Crippen LogP contribution in [0.3, 0.4) is 0 Å². The van der Waals surface area contributed by atoms with Crippen molar-refractivity contribution >= 4 is 15.7 Å². The number of aliphatic hydroxyl groups excluding tert-OH is 1. The molecule has 1 aromatic carbocycles. The largest absolute Gasteiger partial charge is 0.493 e. The Kier molecular flexibility index (Phi) is 12.6. The lowest BCUT2D eigenvalue weighted by Gasteiger charge is -2.38. The van der Waals surface area contributed by atoms with E-state index >= 15 is 0 Å². The van der Waals surface area contributed by atoms with E-state index in [-0.39, 0.29) is 34.6 Å². The Labute approximate surface area is 226 Å². The van der Waals surface area contributed by atoms with Crippen molar-refractivity contribution in [3.8, 4) is 17.1 Å². The summed E-state index contributed by atoms with van der Waals surface area (Å²) in [4.78, 5) is 19.9. The SMILES string of the molecule is CCCC.CCCC(=N)c1nc(-c2cc(S(=O)(=O)N3CC(NCCCO)C3)ccc2OCC)[nH]c(=O)c1C. The fraction of sp³-hybridized carbons (Fsp3) is 0.593. The lowest BCUT2D eigenvalue weighted by molar-refractivity contribution is 0.218. The summed E-state index contributed by atoms with van der Waals surface area (Å²) in [5, 5.41) is 20.4. The molecule has 2 heterocycles. The summed E-state index contributed by atoms with van der Waals surface area (Å²) in [7, 11) is -3.75. The molecule has 4 N–H and O–H groups in total. The van der Waals surface area contributed by atoms with Crippen LogP contribution >= 0.6 is 0 Å². The Morgan fingerprint density at radius 3 is 2.47 bits per heavy atom. The molecule has 0 spiro atoms. The van der Waals surface area contributed by atoms with Gasteiger partial charge in [0.2, 0.25) is 10.0 Å². The molecule has 3 rings (SSSR count). The van der Waals surface area contributed by atoms with Gasteiger partial charge in [0.15, 0.2) is 0 Å².